The van der Waals surface area contributed by atoms with Crippen LogP contribution in [0.5, 0.6) is 11.5 Å². The fraction of sp³-hybridized carbons (Fsp3) is 0.176. The van der Waals surface area contributed by atoms with E-state index in [1.807, 2.05) is 12.1 Å². The number of ether oxygens (including phenoxy) is 2. The SMILES string of the molecule is COc1ccc(CCNC(=O)c2ccc(Cn3c(=O)c4ccccc4n(CC(=O)Nc4ccc(F)cc4F)c3=O)cc2)cc1OC. The van der Waals surface area contributed by atoms with E-state index in [1.54, 1.807) is 56.7 Å². The average Bonchev–Trinajstić information content (AvgIpc) is 3.06. The van der Waals surface area contributed by atoms with Crippen LogP contribution >= 0.6 is 0 Å². The molecule has 46 heavy (non-hydrogen) atoms. The average molecular weight is 629 g/mol. The second-order valence-corrected chi connectivity index (χ2v) is 10.3. The molecular formula is C34H30F2N4O6. The summed E-state index contributed by atoms with van der Waals surface area (Å²) in [5.41, 5.74) is 0.588. The molecule has 236 valence electrons. The van der Waals surface area contributed by atoms with Crippen molar-refractivity contribution in [2.24, 2.45) is 0 Å². The standard InChI is InChI=1S/C34H30F2N4O6/c1-45-29-14-9-21(17-30(29)46-2)15-16-37-32(42)23-10-7-22(8-11-23)19-40-33(43)25-5-3-4-6-28(25)39(34(40)44)20-31(41)38-27-13-12-24(35)18-26(27)36/h3-14,17-18H,15-16,19-20H2,1-2H3,(H,37,42)(H,38,41). The highest BCUT2D eigenvalue weighted by atomic mass is 19.1. The molecule has 0 aliphatic rings. The number of anilines is 1. The first-order valence-corrected chi connectivity index (χ1v) is 14.2. The second-order valence-electron chi connectivity index (χ2n) is 10.3. The minimum Gasteiger partial charge on any atom is -0.493 e. The zero-order valence-corrected chi connectivity index (χ0v) is 25.0. The number of carbonyl (C=O) groups is 2. The minimum atomic E-state index is -0.967. The van der Waals surface area contributed by atoms with Gasteiger partial charge in [0.15, 0.2) is 11.5 Å². The number of rotatable bonds is 11. The molecule has 2 N–H and O–H groups in total. The third-order valence-electron chi connectivity index (χ3n) is 7.34. The summed E-state index contributed by atoms with van der Waals surface area (Å²) in [7, 11) is 3.11. The van der Waals surface area contributed by atoms with Crippen molar-refractivity contribution in [2.75, 3.05) is 26.1 Å². The summed E-state index contributed by atoms with van der Waals surface area (Å²) in [5.74, 6) is -1.59. The summed E-state index contributed by atoms with van der Waals surface area (Å²) in [5, 5.41) is 5.41. The lowest BCUT2D eigenvalue weighted by Gasteiger charge is -2.15. The van der Waals surface area contributed by atoms with Crippen LogP contribution in [0.3, 0.4) is 0 Å². The van der Waals surface area contributed by atoms with E-state index in [-0.39, 0.29) is 29.0 Å². The summed E-state index contributed by atoms with van der Waals surface area (Å²) < 4.78 is 40.1. The Morgan fingerprint density at radius 2 is 1.52 bits per heavy atom. The predicted octanol–water partition coefficient (Wildman–Crippen LogP) is 4.12. The van der Waals surface area contributed by atoms with Gasteiger partial charge in [-0.05, 0) is 66.1 Å². The van der Waals surface area contributed by atoms with Gasteiger partial charge >= 0.3 is 5.69 Å². The van der Waals surface area contributed by atoms with Crippen molar-refractivity contribution in [3.63, 3.8) is 0 Å². The lowest BCUT2D eigenvalue weighted by molar-refractivity contribution is -0.116. The maximum absolute atomic E-state index is 14.1. The highest BCUT2D eigenvalue weighted by molar-refractivity contribution is 5.94. The summed E-state index contributed by atoms with van der Waals surface area (Å²) in [6, 6.07) is 21.0. The minimum absolute atomic E-state index is 0.127. The van der Waals surface area contributed by atoms with Gasteiger partial charge in [-0.25, -0.2) is 13.6 Å². The van der Waals surface area contributed by atoms with Crippen LogP contribution in [0.15, 0.2) is 94.5 Å². The first-order valence-electron chi connectivity index (χ1n) is 14.2. The maximum atomic E-state index is 14.1. The molecule has 12 heteroatoms. The molecule has 0 fully saturated rings. The van der Waals surface area contributed by atoms with Crippen LogP contribution in [0.25, 0.3) is 10.9 Å². The number of carbonyl (C=O) groups excluding carboxylic acids is 2. The van der Waals surface area contributed by atoms with Crippen molar-refractivity contribution in [1.29, 1.82) is 0 Å². The van der Waals surface area contributed by atoms with Crippen LogP contribution in [-0.4, -0.2) is 41.7 Å². The molecular weight excluding hydrogens is 598 g/mol. The molecule has 0 atom stereocenters. The molecule has 0 saturated carbocycles. The Labute approximate surface area is 261 Å². The Hall–Kier alpha value is -5.78. The largest absolute Gasteiger partial charge is 0.493 e. The number of hydrogen-bond acceptors (Lipinski definition) is 6. The first-order chi connectivity index (χ1) is 22.2. The Bertz CT molecular complexity index is 2040. The number of nitrogens with zero attached hydrogens (tertiary/aromatic N) is 2. The van der Waals surface area contributed by atoms with Crippen LogP contribution in [0.1, 0.15) is 21.5 Å². The smallest absolute Gasteiger partial charge is 0.332 e. The van der Waals surface area contributed by atoms with E-state index >= 15 is 0 Å². The van der Waals surface area contributed by atoms with Gasteiger partial charge < -0.3 is 20.1 Å². The monoisotopic (exact) mass is 628 g/mol. The molecule has 4 aromatic carbocycles. The van der Waals surface area contributed by atoms with Gasteiger partial charge in [-0.3, -0.25) is 23.5 Å². The fourth-order valence-electron chi connectivity index (χ4n) is 4.99. The summed E-state index contributed by atoms with van der Waals surface area (Å²) in [6.45, 7) is -0.278. The predicted molar refractivity (Wildman–Crippen MR) is 169 cm³/mol. The molecule has 5 aromatic rings. The summed E-state index contributed by atoms with van der Waals surface area (Å²) in [6.07, 6.45) is 0.568. The van der Waals surface area contributed by atoms with Crippen molar-refractivity contribution in [3.05, 3.63) is 134 Å². The molecule has 10 nitrogen and oxygen atoms in total. The lowest BCUT2D eigenvalue weighted by atomic mass is 10.1. The van der Waals surface area contributed by atoms with Crippen molar-refractivity contribution < 1.29 is 27.8 Å². The number of benzene rings is 4. The Balaban J connectivity index is 1.30. The van der Waals surface area contributed by atoms with E-state index in [4.69, 9.17) is 9.47 Å². The molecule has 1 heterocycles. The zero-order chi connectivity index (χ0) is 32.8. The Kier molecular flexibility index (Phi) is 9.55. The number of nitrogens with one attached hydrogen (secondary N) is 2. The summed E-state index contributed by atoms with van der Waals surface area (Å²) in [4.78, 5) is 52.4. The van der Waals surface area contributed by atoms with Crippen molar-refractivity contribution in [2.45, 2.75) is 19.5 Å². The van der Waals surface area contributed by atoms with Crippen molar-refractivity contribution >= 4 is 28.4 Å². The molecule has 2 amide bonds. The van der Waals surface area contributed by atoms with E-state index in [0.29, 0.717) is 41.7 Å². The van der Waals surface area contributed by atoms with Gasteiger partial charge in [-0.2, -0.15) is 0 Å². The van der Waals surface area contributed by atoms with E-state index < -0.39 is 35.3 Å². The van der Waals surface area contributed by atoms with Crippen LogP contribution in [0.2, 0.25) is 0 Å². The van der Waals surface area contributed by atoms with Gasteiger partial charge in [0.05, 0.1) is 37.4 Å². The van der Waals surface area contributed by atoms with Crippen LogP contribution < -0.4 is 31.4 Å². The third-order valence-corrected chi connectivity index (χ3v) is 7.34. The van der Waals surface area contributed by atoms with Crippen molar-refractivity contribution in [3.8, 4) is 11.5 Å². The molecule has 5 rings (SSSR count). The molecule has 1 aromatic heterocycles. The van der Waals surface area contributed by atoms with E-state index in [1.165, 1.54) is 12.1 Å². The Morgan fingerprint density at radius 3 is 2.24 bits per heavy atom. The molecule has 0 unspecified atom stereocenters. The lowest BCUT2D eigenvalue weighted by Crippen LogP contribution is -2.42. The highest BCUT2D eigenvalue weighted by Crippen LogP contribution is 2.27. The Morgan fingerprint density at radius 1 is 0.804 bits per heavy atom. The normalized spacial score (nSPS) is 10.9. The van der Waals surface area contributed by atoms with E-state index in [0.717, 1.165) is 26.8 Å². The number of para-hydroxylation sites is 1. The van der Waals surface area contributed by atoms with Gasteiger partial charge in [0, 0.05) is 18.2 Å². The number of fused-ring (bicyclic) bond motifs is 1. The number of halogens is 2. The highest BCUT2D eigenvalue weighted by Gasteiger charge is 2.17. The number of aromatic nitrogens is 2. The molecule has 0 aliphatic heterocycles. The molecule has 0 aliphatic carbocycles. The van der Waals surface area contributed by atoms with Gasteiger partial charge in [0.2, 0.25) is 5.91 Å². The molecule has 0 spiro atoms. The number of hydrogen-bond donors (Lipinski definition) is 2. The maximum Gasteiger partial charge on any atom is 0.332 e. The second kappa shape index (κ2) is 13.9. The van der Waals surface area contributed by atoms with Crippen molar-refractivity contribution in [1.82, 2.24) is 14.5 Å². The topological polar surface area (TPSA) is 121 Å². The van der Waals surface area contributed by atoms with Crippen LogP contribution in [0, 0.1) is 11.6 Å². The van der Waals surface area contributed by atoms with E-state index in [9.17, 15) is 28.0 Å². The third kappa shape index (κ3) is 6.96. The zero-order valence-electron chi connectivity index (χ0n) is 25.0. The number of methoxy groups -OCH3 is 2. The first kappa shape index (κ1) is 31.6. The van der Waals surface area contributed by atoms with Crippen LogP contribution in [0.4, 0.5) is 14.5 Å². The van der Waals surface area contributed by atoms with Gasteiger partial charge in [-0.15, -0.1) is 0 Å². The molecule has 0 saturated heterocycles. The quantitative estimate of drug-likeness (QED) is 0.227. The molecule has 0 bridgehead atoms. The van der Waals surface area contributed by atoms with Crippen LogP contribution in [-0.2, 0) is 24.3 Å². The van der Waals surface area contributed by atoms with Gasteiger partial charge in [-0.1, -0.05) is 30.3 Å². The molecule has 0 radical (unpaired) electrons. The number of amides is 2. The van der Waals surface area contributed by atoms with Gasteiger partial charge in [0.1, 0.15) is 18.2 Å². The fourth-order valence-corrected chi connectivity index (χ4v) is 4.99. The van der Waals surface area contributed by atoms with E-state index in [2.05, 4.69) is 10.6 Å². The summed E-state index contributed by atoms with van der Waals surface area (Å²) >= 11 is 0. The van der Waals surface area contributed by atoms with Gasteiger partial charge in [0.25, 0.3) is 11.5 Å².